The van der Waals surface area contributed by atoms with E-state index in [1.807, 2.05) is 19.2 Å². The fourth-order valence-electron chi connectivity index (χ4n) is 2.91. The highest BCUT2D eigenvalue weighted by atomic mass is 32.2. The van der Waals surface area contributed by atoms with Crippen LogP contribution in [0, 0.1) is 0 Å². The summed E-state index contributed by atoms with van der Waals surface area (Å²) in [7, 11) is 1.60. The molecule has 8 nitrogen and oxygen atoms in total. The number of methoxy groups -OCH3 is 1. The lowest BCUT2D eigenvalue weighted by molar-refractivity contribution is -0.113. The van der Waals surface area contributed by atoms with Crippen molar-refractivity contribution in [1.29, 1.82) is 0 Å². The van der Waals surface area contributed by atoms with Crippen LogP contribution in [0.2, 0.25) is 0 Å². The van der Waals surface area contributed by atoms with Crippen LogP contribution < -0.4 is 24.8 Å². The third-order valence-electron chi connectivity index (χ3n) is 4.43. The first-order valence-electron chi connectivity index (χ1n) is 10.7. The summed E-state index contributed by atoms with van der Waals surface area (Å²) in [5.74, 6) is 2.33. The molecule has 0 radical (unpaired) electrons. The van der Waals surface area contributed by atoms with E-state index in [-0.39, 0.29) is 17.6 Å². The minimum atomic E-state index is -0.281. The molecule has 10 heteroatoms. The molecule has 3 aromatic rings. The maximum absolute atomic E-state index is 12.7. The number of aromatic nitrogens is 1. The number of nitrogens with one attached hydrogen (secondary N) is 2. The Kier molecular flexibility index (Phi) is 9.60. The molecule has 1 aromatic heterocycles. The quantitative estimate of drug-likeness (QED) is 0.357. The molecule has 0 atom stereocenters. The Labute approximate surface area is 207 Å². The summed E-state index contributed by atoms with van der Waals surface area (Å²) in [6, 6.07) is 12.2. The van der Waals surface area contributed by atoms with Crippen LogP contribution in [0.5, 0.6) is 17.2 Å². The van der Waals surface area contributed by atoms with E-state index in [0.717, 1.165) is 11.4 Å². The molecular weight excluding hydrogens is 474 g/mol. The van der Waals surface area contributed by atoms with Gasteiger partial charge in [0.05, 0.1) is 31.8 Å². The fourth-order valence-corrected chi connectivity index (χ4v) is 4.44. The van der Waals surface area contributed by atoms with Crippen LogP contribution in [-0.2, 0) is 10.5 Å². The zero-order chi connectivity index (χ0) is 24.3. The highest BCUT2D eigenvalue weighted by Gasteiger charge is 2.14. The van der Waals surface area contributed by atoms with Crippen molar-refractivity contribution in [3.63, 3.8) is 0 Å². The zero-order valence-electron chi connectivity index (χ0n) is 19.3. The van der Waals surface area contributed by atoms with Crippen molar-refractivity contribution in [2.75, 3.05) is 36.7 Å². The fraction of sp³-hybridized carbons (Fsp3) is 0.292. The summed E-state index contributed by atoms with van der Waals surface area (Å²) < 4.78 is 16.2. The molecule has 0 bridgehead atoms. The average Bonchev–Trinajstić information content (AvgIpc) is 3.28. The molecule has 0 saturated carbocycles. The SMILES string of the molecule is CCOc1ccc(C(=O)Nc2nc(CSCC(=O)Nc3ccc(OC)cc3)cs2)cc1OCC. The van der Waals surface area contributed by atoms with Crippen LogP contribution in [0.15, 0.2) is 47.8 Å². The average molecular weight is 502 g/mol. The smallest absolute Gasteiger partial charge is 0.257 e. The molecule has 1 heterocycles. The second-order valence-electron chi connectivity index (χ2n) is 6.90. The first kappa shape index (κ1) is 25.4. The Bertz CT molecular complexity index is 1100. The summed E-state index contributed by atoms with van der Waals surface area (Å²) in [6.07, 6.45) is 0. The summed E-state index contributed by atoms with van der Waals surface area (Å²) in [4.78, 5) is 29.3. The number of thioether (sulfide) groups is 1. The van der Waals surface area contributed by atoms with Gasteiger partial charge in [-0.15, -0.1) is 23.1 Å². The molecule has 0 aliphatic rings. The Hall–Kier alpha value is -3.24. The molecule has 34 heavy (non-hydrogen) atoms. The number of ether oxygens (including phenoxy) is 3. The number of benzene rings is 2. The van der Waals surface area contributed by atoms with Crippen molar-refractivity contribution in [3.8, 4) is 17.2 Å². The molecule has 0 fully saturated rings. The van der Waals surface area contributed by atoms with Crippen LogP contribution in [0.4, 0.5) is 10.8 Å². The predicted octanol–water partition coefficient (Wildman–Crippen LogP) is 5.07. The predicted molar refractivity (Wildman–Crippen MR) is 137 cm³/mol. The van der Waals surface area contributed by atoms with Crippen LogP contribution in [0.3, 0.4) is 0 Å². The molecule has 180 valence electrons. The summed E-state index contributed by atoms with van der Waals surface area (Å²) >= 11 is 2.79. The third kappa shape index (κ3) is 7.39. The van der Waals surface area contributed by atoms with Crippen LogP contribution >= 0.6 is 23.1 Å². The van der Waals surface area contributed by atoms with Crippen molar-refractivity contribution in [1.82, 2.24) is 4.98 Å². The summed E-state index contributed by atoms with van der Waals surface area (Å²) in [5.41, 5.74) is 1.96. The van der Waals surface area contributed by atoms with Crippen molar-refractivity contribution in [2.45, 2.75) is 19.6 Å². The first-order chi connectivity index (χ1) is 16.5. The van der Waals surface area contributed by atoms with Gasteiger partial charge in [-0.1, -0.05) is 0 Å². The first-order valence-corrected chi connectivity index (χ1v) is 12.7. The normalized spacial score (nSPS) is 10.4. The van der Waals surface area contributed by atoms with Gasteiger partial charge >= 0.3 is 0 Å². The van der Waals surface area contributed by atoms with Gasteiger partial charge in [-0.2, -0.15) is 0 Å². The van der Waals surface area contributed by atoms with E-state index in [1.165, 1.54) is 23.1 Å². The number of rotatable bonds is 12. The van der Waals surface area contributed by atoms with E-state index in [9.17, 15) is 9.59 Å². The lowest BCUT2D eigenvalue weighted by atomic mass is 10.2. The second-order valence-corrected chi connectivity index (χ2v) is 8.74. The molecule has 2 N–H and O–H groups in total. The van der Waals surface area contributed by atoms with Crippen LogP contribution in [-0.4, -0.2) is 42.9 Å². The van der Waals surface area contributed by atoms with Gasteiger partial charge in [0.25, 0.3) is 5.91 Å². The van der Waals surface area contributed by atoms with Crippen LogP contribution in [0.1, 0.15) is 29.9 Å². The summed E-state index contributed by atoms with van der Waals surface area (Å²) in [5, 5.41) is 8.02. The monoisotopic (exact) mass is 501 g/mol. The Morgan fingerprint density at radius 1 is 1.00 bits per heavy atom. The second kappa shape index (κ2) is 12.9. The van der Waals surface area contributed by atoms with Gasteiger partial charge in [-0.25, -0.2) is 4.98 Å². The maximum Gasteiger partial charge on any atom is 0.257 e. The number of carbonyl (C=O) groups excluding carboxylic acids is 2. The van der Waals surface area contributed by atoms with E-state index < -0.39 is 0 Å². The number of carbonyl (C=O) groups is 2. The largest absolute Gasteiger partial charge is 0.497 e. The Balaban J connectivity index is 1.48. The third-order valence-corrected chi connectivity index (χ3v) is 6.21. The molecule has 0 aliphatic heterocycles. The molecule has 2 aromatic carbocycles. The van der Waals surface area contributed by atoms with E-state index >= 15 is 0 Å². The van der Waals surface area contributed by atoms with Gasteiger partial charge < -0.3 is 19.5 Å². The highest BCUT2D eigenvalue weighted by molar-refractivity contribution is 7.99. The number of amides is 2. The van der Waals surface area contributed by atoms with E-state index in [1.54, 1.807) is 49.6 Å². The number of anilines is 2. The van der Waals surface area contributed by atoms with Gasteiger partial charge in [-0.3, -0.25) is 14.9 Å². The van der Waals surface area contributed by atoms with Crippen molar-refractivity contribution in [3.05, 3.63) is 59.1 Å². The number of nitrogens with zero attached hydrogens (tertiary/aromatic N) is 1. The van der Waals surface area contributed by atoms with E-state index in [0.29, 0.717) is 46.8 Å². The number of hydrogen-bond acceptors (Lipinski definition) is 8. The molecule has 0 aliphatic carbocycles. The van der Waals surface area contributed by atoms with Gasteiger partial charge in [0.1, 0.15) is 5.75 Å². The van der Waals surface area contributed by atoms with E-state index in [4.69, 9.17) is 14.2 Å². The zero-order valence-corrected chi connectivity index (χ0v) is 20.9. The molecule has 0 spiro atoms. The van der Waals surface area contributed by atoms with Crippen molar-refractivity contribution < 1.29 is 23.8 Å². The topological polar surface area (TPSA) is 98.8 Å². The Morgan fingerprint density at radius 2 is 1.74 bits per heavy atom. The molecule has 3 rings (SSSR count). The van der Waals surface area contributed by atoms with E-state index in [2.05, 4.69) is 15.6 Å². The highest BCUT2D eigenvalue weighted by Crippen LogP contribution is 2.29. The van der Waals surface area contributed by atoms with Crippen molar-refractivity contribution >= 4 is 45.7 Å². The van der Waals surface area contributed by atoms with Gasteiger partial charge in [0.2, 0.25) is 5.91 Å². The molecule has 0 saturated heterocycles. The standard InChI is InChI=1S/C24H27N3O5S2/c1-4-31-20-11-6-16(12-21(20)32-5-2)23(29)27-24-26-18(14-34-24)13-33-15-22(28)25-17-7-9-19(30-3)10-8-17/h6-12,14H,4-5,13,15H2,1-3H3,(H,25,28)(H,26,27,29). The van der Waals surface area contributed by atoms with Gasteiger partial charge in [0, 0.05) is 22.4 Å². The van der Waals surface area contributed by atoms with Gasteiger partial charge in [-0.05, 0) is 56.3 Å². The molecule has 2 amide bonds. The number of thiazole rings is 1. The maximum atomic E-state index is 12.7. The minimum Gasteiger partial charge on any atom is -0.497 e. The Morgan fingerprint density at radius 3 is 2.44 bits per heavy atom. The molecule has 0 unspecified atom stereocenters. The lowest BCUT2D eigenvalue weighted by Crippen LogP contribution is -2.14. The van der Waals surface area contributed by atoms with Crippen LogP contribution in [0.25, 0.3) is 0 Å². The summed E-state index contributed by atoms with van der Waals surface area (Å²) in [6.45, 7) is 4.74. The van der Waals surface area contributed by atoms with Gasteiger partial charge in [0.15, 0.2) is 16.6 Å². The molecular formula is C24H27N3O5S2. The van der Waals surface area contributed by atoms with Crippen molar-refractivity contribution in [2.24, 2.45) is 0 Å². The lowest BCUT2D eigenvalue weighted by Gasteiger charge is -2.12. The minimum absolute atomic E-state index is 0.0977. The number of hydrogen-bond donors (Lipinski definition) is 2.